The molecule has 0 spiro atoms. The summed E-state index contributed by atoms with van der Waals surface area (Å²) in [6.07, 6.45) is 1.70. The van der Waals surface area contributed by atoms with Gasteiger partial charge in [0.25, 0.3) is 0 Å². The van der Waals surface area contributed by atoms with Crippen LogP contribution in [0, 0.1) is 11.8 Å². The van der Waals surface area contributed by atoms with Crippen molar-refractivity contribution in [2.45, 2.75) is 6.92 Å². The SMILES string of the molecule is C=CCNC(=O)C1CNCC1C. The molecule has 1 heterocycles. The Morgan fingerprint density at radius 3 is 3.00 bits per heavy atom. The minimum absolute atomic E-state index is 0.143. The quantitative estimate of drug-likeness (QED) is 0.589. The smallest absolute Gasteiger partial charge is 0.224 e. The highest BCUT2D eigenvalue weighted by atomic mass is 16.1. The number of carbonyl (C=O) groups excluding carboxylic acids is 1. The van der Waals surface area contributed by atoms with Gasteiger partial charge < -0.3 is 10.6 Å². The van der Waals surface area contributed by atoms with Gasteiger partial charge in [0.2, 0.25) is 5.91 Å². The largest absolute Gasteiger partial charge is 0.352 e. The van der Waals surface area contributed by atoms with Gasteiger partial charge in [-0.1, -0.05) is 13.0 Å². The van der Waals surface area contributed by atoms with Crippen LogP contribution in [-0.2, 0) is 4.79 Å². The summed E-state index contributed by atoms with van der Waals surface area (Å²) in [5, 5.41) is 6.00. The van der Waals surface area contributed by atoms with E-state index in [0.29, 0.717) is 12.5 Å². The van der Waals surface area contributed by atoms with Crippen LogP contribution in [0.3, 0.4) is 0 Å². The van der Waals surface area contributed by atoms with Crippen molar-refractivity contribution in [1.82, 2.24) is 10.6 Å². The average Bonchev–Trinajstić information content (AvgIpc) is 2.47. The van der Waals surface area contributed by atoms with Crippen LogP contribution in [0.5, 0.6) is 0 Å². The van der Waals surface area contributed by atoms with Gasteiger partial charge in [0, 0.05) is 13.1 Å². The molecule has 1 amide bonds. The number of rotatable bonds is 3. The highest BCUT2D eigenvalue weighted by Crippen LogP contribution is 2.15. The number of hydrogen-bond acceptors (Lipinski definition) is 2. The Kier molecular flexibility index (Phi) is 3.29. The van der Waals surface area contributed by atoms with Crippen LogP contribution in [0.25, 0.3) is 0 Å². The van der Waals surface area contributed by atoms with E-state index in [2.05, 4.69) is 24.1 Å². The molecule has 0 aromatic rings. The van der Waals surface area contributed by atoms with Crippen molar-refractivity contribution in [2.24, 2.45) is 11.8 Å². The molecule has 0 aliphatic carbocycles. The molecule has 1 aliphatic heterocycles. The van der Waals surface area contributed by atoms with Crippen molar-refractivity contribution >= 4 is 5.91 Å². The lowest BCUT2D eigenvalue weighted by Crippen LogP contribution is -2.34. The van der Waals surface area contributed by atoms with E-state index >= 15 is 0 Å². The monoisotopic (exact) mass is 168 g/mol. The minimum atomic E-state index is 0.143. The molecule has 0 radical (unpaired) electrons. The number of carbonyl (C=O) groups is 1. The Morgan fingerprint density at radius 2 is 2.50 bits per heavy atom. The van der Waals surface area contributed by atoms with Crippen LogP contribution < -0.4 is 10.6 Å². The summed E-state index contributed by atoms with van der Waals surface area (Å²) in [4.78, 5) is 11.4. The number of nitrogens with one attached hydrogen (secondary N) is 2. The molecule has 0 saturated carbocycles. The zero-order valence-corrected chi connectivity index (χ0v) is 7.47. The van der Waals surface area contributed by atoms with Gasteiger partial charge in [-0.15, -0.1) is 6.58 Å². The van der Waals surface area contributed by atoms with Crippen LogP contribution in [0.15, 0.2) is 12.7 Å². The van der Waals surface area contributed by atoms with Crippen molar-refractivity contribution in [1.29, 1.82) is 0 Å². The topological polar surface area (TPSA) is 41.1 Å². The summed E-state index contributed by atoms with van der Waals surface area (Å²) in [6, 6.07) is 0. The van der Waals surface area contributed by atoms with Gasteiger partial charge in [0.1, 0.15) is 0 Å². The van der Waals surface area contributed by atoms with E-state index in [1.165, 1.54) is 0 Å². The standard InChI is InChI=1S/C9H16N2O/c1-3-4-11-9(12)8-6-10-5-7(8)2/h3,7-8,10H,1,4-6H2,2H3,(H,11,12). The zero-order chi connectivity index (χ0) is 8.97. The molecular weight excluding hydrogens is 152 g/mol. The van der Waals surface area contributed by atoms with Gasteiger partial charge in [-0.3, -0.25) is 4.79 Å². The van der Waals surface area contributed by atoms with E-state index in [0.717, 1.165) is 13.1 Å². The molecule has 1 saturated heterocycles. The summed E-state index contributed by atoms with van der Waals surface area (Å²) in [5.74, 6) is 0.743. The molecule has 1 fully saturated rings. The summed E-state index contributed by atoms with van der Waals surface area (Å²) < 4.78 is 0. The summed E-state index contributed by atoms with van der Waals surface area (Å²) in [5.41, 5.74) is 0. The van der Waals surface area contributed by atoms with Crippen molar-refractivity contribution in [3.63, 3.8) is 0 Å². The lowest BCUT2D eigenvalue weighted by atomic mass is 9.97. The Morgan fingerprint density at radius 1 is 1.75 bits per heavy atom. The van der Waals surface area contributed by atoms with Crippen LogP contribution in [0.4, 0.5) is 0 Å². The lowest BCUT2D eigenvalue weighted by molar-refractivity contribution is -0.125. The predicted molar refractivity (Wildman–Crippen MR) is 48.7 cm³/mol. The molecule has 2 N–H and O–H groups in total. The molecule has 0 aromatic carbocycles. The first-order valence-corrected chi connectivity index (χ1v) is 4.35. The first-order valence-electron chi connectivity index (χ1n) is 4.35. The van der Waals surface area contributed by atoms with E-state index in [-0.39, 0.29) is 11.8 Å². The normalized spacial score (nSPS) is 28.4. The molecule has 68 valence electrons. The Labute approximate surface area is 73.2 Å². The van der Waals surface area contributed by atoms with Gasteiger partial charge in [-0.25, -0.2) is 0 Å². The molecule has 3 nitrogen and oxygen atoms in total. The molecule has 1 rings (SSSR count). The van der Waals surface area contributed by atoms with E-state index < -0.39 is 0 Å². The molecule has 2 unspecified atom stereocenters. The van der Waals surface area contributed by atoms with Gasteiger partial charge >= 0.3 is 0 Å². The fourth-order valence-corrected chi connectivity index (χ4v) is 1.46. The highest BCUT2D eigenvalue weighted by molar-refractivity contribution is 5.79. The van der Waals surface area contributed by atoms with Gasteiger partial charge in [-0.2, -0.15) is 0 Å². The highest BCUT2D eigenvalue weighted by Gasteiger charge is 2.28. The molecule has 1 aliphatic rings. The maximum atomic E-state index is 11.4. The first-order chi connectivity index (χ1) is 5.75. The molecule has 0 bridgehead atoms. The molecule has 0 aromatic heterocycles. The minimum Gasteiger partial charge on any atom is -0.352 e. The third-order valence-electron chi connectivity index (χ3n) is 2.27. The van der Waals surface area contributed by atoms with Gasteiger partial charge in [0.15, 0.2) is 0 Å². The molecule has 12 heavy (non-hydrogen) atoms. The van der Waals surface area contributed by atoms with Crippen LogP contribution in [-0.4, -0.2) is 25.5 Å². The molecule has 2 atom stereocenters. The summed E-state index contributed by atoms with van der Waals surface area (Å²) in [7, 11) is 0. The van der Waals surface area contributed by atoms with E-state index in [4.69, 9.17) is 0 Å². The Hall–Kier alpha value is -0.830. The number of amides is 1. The summed E-state index contributed by atoms with van der Waals surface area (Å²) >= 11 is 0. The van der Waals surface area contributed by atoms with E-state index in [1.807, 2.05) is 0 Å². The Bertz CT molecular complexity index is 179. The van der Waals surface area contributed by atoms with Gasteiger partial charge in [-0.05, 0) is 12.5 Å². The molecular formula is C9H16N2O. The fourth-order valence-electron chi connectivity index (χ4n) is 1.46. The van der Waals surface area contributed by atoms with E-state index in [9.17, 15) is 4.79 Å². The van der Waals surface area contributed by atoms with E-state index in [1.54, 1.807) is 6.08 Å². The third kappa shape index (κ3) is 2.08. The van der Waals surface area contributed by atoms with Crippen molar-refractivity contribution in [3.8, 4) is 0 Å². The van der Waals surface area contributed by atoms with Crippen molar-refractivity contribution in [3.05, 3.63) is 12.7 Å². The fraction of sp³-hybridized carbons (Fsp3) is 0.667. The Balaban J connectivity index is 2.35. The third-order valence-corrected chi connectivity index (χ3v) is 2.27. The maximum absolute atomic E-state index is 11.4. The van der Waals surface area contributed by atoms with Crippen LogP contribution in [0.1, 0.15) is 6.92 Å². The second kappa shape index (κ2) is 4.26. The van der Waals surface area contributed by atoms with Crippen LogP contribution >= 0.6 is 0 Å². The summed E-state index contributed by atoms with van der Waals surface area (Å²) in [6.45, 7) is 7.98. The first kappa shape index (κ1) is 9.26. The van der Waals surface area contributed by atoms with Crippen molar-refractivity contribution in [2.75, 3.05) is 19.6 Å². The second-order valence-electron chi connectivity index (χ2n) is 3.28. The maximum Gasteiger partial charge on any atom is 0.224 e. The molecule has 3 heteroatoms. The average molecular weight is 168 g/mol. The van der Waals surface area contributed by atoms with Crippen molar-refractivity contribution < 1.29 is 4.79 Å². The van der Waals surface area contributed by atoms with Gasteiger partial charge in [0.05, 0.1) is 5.92 Å². The zero-order valence-electron chi connectivity index (χ0n) is 7.47. The lowest BCUT2D eigenvalue weighted by Gasteiger charge is -2.12. The predicted octanol–water partition coefficient (Wildman–Crippen LogP) is 0.144. The van der Waals surface area contributed by atoms with Crippen LogP contribution in [0.2, 0.25) is 0 Å². The second-order valence-corrected chi connectivity index (χ2v) is 3.28. The number of hydrogen-bond donors (Lipinski definition) is 2.